The van der Waals surface area contributed by atoms with Gasteiger partial charge in [0.15, 0.2) is 5.82 Å². The number of carbonyl (C=O) groups excluding carboxylic acids is 1. The summed E-state index contributed by atoms with van der Waals surface area (Å²) in [6, 6.07) is 7.63. The van der Waals surface area contributed by atoms with Gasteiger partial charge >= 0.3 is 0 Å². The third-order valence-corrected chi connectivity index (χ3v) is 5.12. The Balaban J connectivity index is 1.67. The van der Waals surface area contributed by atoms with Crippen LogP contribution in [0.15, 0.2) is 28.8 Å². The lowest BCUT2D eigenvalue weighted by molar-refractivity contribution is -0.119. The molecule has 6 nitrogen and oxygen atoms in total. The van der Waals surface area contributed by atoms with Crippen LogP contribution in [-0.4, -0.2) is 23.1 Å². The lowest BCUT2D eigenvalue weighted by atomic mass is 9.98. The molecule has 126 valence electrons. The fourth-order valence-electron chi connectivity index (χ4n) is 3.43. The number of carbonyl (C=O) groups is 1. The summed E-state index contributed by atoms with van der Waals surface area (Å²) in [6.07, 6.45) is 5.91. The maximum Gasteiger partial charge on any atom is 0.260 e. The van der Waals surface area contributed by atoms with E-state index < -0.39 is 5.54 Å². The fourth-order valence-corrected chi connectivity index (χ4v) is 3.43. The summed E-state index contributed by atoms with van der Waals surface area (Å²) in [5.74, 6) is 1.30. The van der Waals surface area contributed by atoms with Crippen molar-refractivity contribution in [3.8, 4) is 11.5 Å². The molecule has 24 heavy (non-hydrogen) atoms. The van der Waals surface area contributed by atoms with Crippen LogP contribution in [-0.2, 0) is 10.3 Å². The predicted molar refractivity (Wildman–Crippen MR) is 90.2 cm³/mol. The van der Waals surface area contributed by atoms with E-state index in [0.717, 1.165) is 49.8 Å². The predicted octanol–water partition coefficient (Wildman–Crippen LogP) is 2.84. The Bertz CT molecular complexity index is 760. The monoisotopic (exact) mass is 326 g/mol. The maximum absolute atomic E-state index is 12.4. The second-order valence-electron chi connectivity index (χ2n) is 6.98. The average molecular weight is 326 g/mol. The zero-order valence-electron chi connectivity index (χ0n) is 13.9. The molecular weight excluding hydrogens is 304 g/mol. The van der Waals surface area contributed by atoms with Crippen LogP contribution in [0.2, 0.25) is 0 Å². The van der Waals surface area contributed by atoms with E-state index in [2.05, 4.69) is 10.1 Å². The highest BCUT2D eigenvalue weighted by Crippen LogP contribution is 2.38. The van der Waals surface area contributed by atoms with Crippen LogP contribution in [0.4, 0.5) is 5.69 Å². The highest BCUT2D eigenvalue weighted by atomic mass is 16.5. The van der Waals surface area contributed by atoms with E-state index in [1.807, 2.05) is 24.3 Å². The first kappa shape index (κ1) is 15.3. The second-order valence-corrected chi connectivity index (χ2v) is 6.98. The molecule has 2 aliphatic carbocycles. The molecule has 1 aromatic carbocycles. The largest absolute Gasteiger partial charge is 0.334 e. The summed E-state index contributed by atoms with van der Waals surface area (Å²) in [7, 11) is 1.80. The number of rotatable bonds is 4. The van der Waals surface area contributed by atoms with Gasteiger partial charge in [-0.25, -0.2) is 0 Å². The number of hydrogen-bond donors (Lipinski definition) is 1. The van der Waals surface area contributed by atoms with E-state index in [9.17, 15) is 4.79 Å². The summed E-state index contributed by atoms with van der Waals surface area (Å²) in [5, 5.41) is 4.12. The first-order chi connectivity index (χ1) is 11.6. The van der Waals surface area contributed by atoms with Gasteiger partial charge in [0.1, 0.15) is 0 Å². The molecule has 0 radical (unpaired) electrons. The topological polar surface area (TPSA) is 85.2 Å². The molecule has 0 unspecified atom stereocenters. The molecule has 4 rings (SSSR count). The summed E-state index contributed by atoms with van der Waals surface area (Å²) < 4.78 is 5.50. The van der Waals surface area contributed by atoms with Crippen molar-refractivity contribution in [2.75, 3.05) is 11.9 Å². The van der Waals surface area contributed by atoms with Crippen LogP contribution in [0.25, 0.3) is 11.5 Å². The molecular formula is C18H22N4O2. The lowest BCUT2D eigenvalue weighted by Crippen LogP contribution is -2.34. The van der Waals surface area contributed by atoms with Crippen LogP contribution < -0.4 is 10.6 Å². The van der Waals surface area contributed by atoms with Crippen LogP contribution in [0.3, 0.4) is 0 Å². The maximum atomic E-state index is 12.4. The number of nitrogens with two attached hydrogens (primary N) is 1. The number of aromatic nitrogens is 2. The number of para-hydroxylation sites is 1. The normalized spacial score (nSPS) is 19.4. The molecule has 0 saturated heterocycles. The molecule has 2 aromatic rings. The minimum absolute atomic E-state index is 0.147. The van der Waals surface area contributed by atoms with E-state index in [1.54, 1.807) is 11.9 Å². The van der Waals surface area contributed by atoms with E-state index >= 15 is 0 Å². The van der Waals surface area contributed by atoms with Crippen LogP contribution in [0.5, 0.6) is 0 Å². The zero-order valence-corrected chi connectivity index (χ0v) is 13.9. The number of hydrogen-bond acceptors (Lipinski definition) is 5. The summed E-state index contributed by atoms with van der Waals surface area (Å²) in [5.41, 5.74) is 7.50. The van der Waals surface area contributed by atoms with Crippen molar-refractivity contribution < 1.29 is 9.32 Å². The van der Waals surface area contributed by atoms with Crippen LogP contribution >= 0.6 is 0 Å². The Kier molecular flexibility index (Phi) is 3.64. The smallest absolute Gasteiger partial charge is 0.260 e. The zero-order chi connectivity index (χ0) is 16.7. The summed E-state index contributed by atoms with van der Waals surface area (Å²) >= 11 is 0. The molecule has 6 heteroatoms. The van der Waals surface area contributed by atoms with Crippen molar-refractivity contribution in [2.45, 2.75) is 44.1 Å². The summed E-state index contributed by atoms with van der Waals surface area (Å²) in [4.78, 5) is 18.6. The number of amides is 1. The van der Waals surface area contributed by atoms with Gasteiger partial charge in [-0.1, -0.05) is 30.1 Å². The van der Waals surface area contributed by atoms with Crippen molar-refractivity contribution in [3.63, 3.8) is 0 Å². The molecule has 1 aromatic heterocycles. The van der Waals surface area contributed by atoms with Gasteiger partial charge in [0.25, 0.3) is 5.89 Å². The minimum atomic E-state index is -0.480. The van der Waals surface area contributed by atoms with Crippen molar-refractivity contribution in [3.05, 3.63) is 30.1 Å². The fraction of sp³-hybridized carbons (Fsp3) is 0.500. The van der Waals surface area contributed by atoms with Crippen molar-refractivity contribution in [1.82, 2.24) is 10.1 Å². The first-order valence-electron chi connectivity index (χ1n) is 8.58. The molecule has 2 N–H and O–H groups in total. The third kappa shape index (κ3) is 2.60. The standard InChI is InChI=1S/C18H22N4O2/c1-22(16(23)12-8-9-12)14-7-3-2-6-13(14)15-20-17(21-24-15)18(19)10-4-5-11-18/h2-3,6-7,12H,4-5,8-11,19H2,1H3. The quantitative estimate of drug-likeness (QED) is 0.934. The molecule has 1 amide bonds. The van der Waals surface area contributed by atoms with E-state index in [-0.39, 0.29) is 11.8 Å². The summed E-state index contributed by atoms with van der Waals surface area (Å²) in [6.45, 7) is 0. The molecule has 0 spiro atoms. The van der Waals surface area contributed by atoms with Crippen molar-refractivity contribution >= 4 is 11.6 Å². The average Bonchev–Trinajstić information content (AvgIpc) is 3.15. The van der Waals surface area contributed by atoms with Crippen LogP contribution in [0, 0.1) is 5.92 Å². The highest BCUT2D eigenvalue weighted by molar-refractivity contribution is 5.98. The van der Waals surface area contributed by atoms with E-state index in [1.165, 1.54) is 0 Å². The SMILES string of the molecule is CN(C(=O)C1CC1)c1ccccc1-c1nc(C2(N)CCCC2)no1. The molecule has 0 bridgehead atoms. The van der Waals surface area contributed by atoms with Gasteiger partial charge in [-0.3, -0.25) is 4.79 Å². The van der Waals surface area contributed by atoms with Gasteiger partial charge in [-0.05, 0) is 37.8 Å². The second kappa shape index (κ2) is 5.70. The number of anilines is 1. The van der Waals surface area contributed by atoms with Crippen molar-refractivity contribution in [1.29, 1.82) is 0 Å². The Labute approximate surface area is 141 Å². The molecule has 1 heterocycles. The van der Waals surface area contributed by atoms with Crippen molar-refractivity contribution in [2.24, 2.45) is 11.7 Å². The first-order valence-corrected chi connectivity index (χ1v) is 8.58. The number of benzene rings is 1. The highest BCUT2D eigenvalue weighted by Gasteiger charge is 2.37. The van der Waals surface area contributed by atoms with E-state index in [4.69, 9.17) is 10.3 Å². The molecule has 2 fully saturated rings. The minimum Gasteiger partial charge on any atom is -0.334 e. The molecule has 0 aliphatic heterocycles. The van der Waals surface area contributed by atoms with Gasteiger partial charge in [0.05, 0.1) is 16.8 Å². The molecule has 2 saturated carbocycles. The molecule has 2 aliphatic rings. The van der Waals surface area contributed by atoms with Gasteiger partial charge < -0.3 is 15.2 Å². The number of nitrogens with zero attached hydrogens (tertiary/aromatic N) is 3. The van der Waals surface area contributed by atoms with Crippen LogP contribution in [0.1, 0.15) is 44.3 Å². The lowest BCUT2D eigenvalue weighted by Gasteiger charge is -2.19. The Hall–Kier alpha value is -2.21. The Morgan fingerprint density at radius 1 is 1.29 bits per heavy atom. The Morgan fingerprint density at radius 3 is 2.71 bits per heavy atom. The third-order valence-electron chi connectivity index (χ3n) is 5.12. The van der Waals surface area contributed by atoms with Gasteiger partial charge in [-0.2, -0.15) is 4.98 Å². The van der Waals surface area contributed by atoms with E-state index in [0.29, 0.717) is 11.7 Å². The van der Waals surface area contributed by atoms with Gasteiger partial charge in [0, 0.05) is 13.0 Å². The Morgan fingerprint density at radius 2 is 2.00 bits per heavy atom. The van der Waals surface area contributed by atoms with Gasteiger partial charge in [0.2, 0.25) is 5.91 Å². The molecule has 0 atom stereocenters. The van der Waals surface area contributed by atoms with Gasteiger partial charge in [-0.15, -0.1) is 0 Å².